The minimum absolute atomic E-state index is 0.361. The lowest BCUT2D eigenvalue weighted by Crippen LogP contribution is -2.41. The van der Waals surface area contributed by atoms with Crippen molar-refractivity contribution in [2.75, 3.05) is 0 Å². The molecule has 0 aliphatic carbocycles. The van der Waals surface area contributed by atoms with Gasteiger partial charge in [-0.15, -0.1) is 9.24 Å². The van der Waals surface area contributed by atoms with E-state index in [9.17, 15) is 0 Å². The summed E-state index contributed by atoms with van der Waals surface area (Å²) in [7, 11) is 2.26. The van der Waals surface area contributed by atoms with Gasteiger partial charge in [-0.2, -0.15) is 5.10 Å². The fourth-order valence-electron chi connectivity index (χ4n) is 2.77. The van der Waals surface area contributed by atoms with E-state index in [0.717, 1.165) is 27.8 Å². The number of aryl methyl sites for hydroxylation is 1. The van der Waals surface area contributed by atoms with Crippen LogP contribution in [0.4, 0.5) is 0 Å². The van der Waals surface area contributed by atoms with Crippen molar-refractivity contribution in [3.8, 4) is 5.69 Å². The monoisotopic (exact) mass is 331 g/mol. The molecule has 2 aromatic heterocycles. The Morgan fingerprint density at radius 1 is 1.09 bits per heavy atom. The van der Waals surface area contributed by atoms with Gasteiger partial charge in [-0.3, -0.25) is 4.98 Å². The molecule has 3 rings (SSSR count). The van der Waals surface area contributed by atoms with E-state index in [-0.39, 0.29) is 11.2 Å². The van der Waals surface area contributed by atoms with Crippen LogP contribution in [0, 0.1) is 13.8 Å². The molecule has 1 saturated heterocycles. The predicted octanol–water partition coefficient (Wildman–Crippen LogP) is 1.68. The molecule has 23 heavy (non-hydrogen) atoms. The summed E-state index contributed by atoms with van der Waals surface area (Å²) < 4.78 is 14.3. The molecule has 0 aromatic carbocycles. The SMILES string of the molecule is Cc1nn(-c2cncc(P)c2)c(C)c1B1OC(C)(C)C(C)(C)O1. The average Bonchev–Trinajstić information content (AvgIpc) is 2.83. The first-order valence-corrected chi connectivity index (χ1v) is 8.33. The summed E-state index contributed by atoms with van der Waals surface area (Å²) in [5, 5.41) is 5.69. The zero-order valence-corrected chi connectivity index (χ0v) is 15.7. The molecule has 0 saturated carbocycles. The zero-order valence-electron chi connectivity index (χ0n) is 14.5. The molecule has 1 fully saturated rings. The first-order valence-electron chi connectivity index (χ1n) is 7.75. The number of hydrogen-bond acceptors (Lipinski definition) is 4. The molecule has 2 aromatic rings. The van der Waals surface area contributed by atoms with Crippen LogP contribution in [-0.4, -0.2) is 33.1 Å². The van der Waals surface area contributed by atoms with Gasteiger partial charge in [-0.05, 0) is 52.9 Å². The van der Waals surface area contributed by atoms with Crippen molar-refractivity contribution in [3.63, 3.8) is 0 Å². The molecule has 5 nitrogen and oxygen atoms in total. The predicted molar refractivity (Wildman–Crippen MR) is 95.9 cm³/mol. The number of pyridine rings is 1. The molecular formula is C16H23BN3O2P. The highest BCUT2D eigenvalue weighted by atomic mass is 31.0. The molecule has 122 valence electrons. The molecule has 0 spiro atoms. The van der Waals surface area contributed by atoms with Crippen LogP contribution in [0.25, 0.3) is 5.69 Å². The standard InChI is InChI=1S/C16H23BN3O2P/c1-10-14(17-21-15(3,4)16(5,6)22-17)11(2)20(19-10)12-7-13(23)9-18-8-12/h7-9H,23H2,1-6H3. The average molecular weight is 331 g/mol. The van der Waals surface area contributed by atoms with Gasteiger partial charge in [0.2, 0.25) is 0 Å². The van der Waals surface area contributed by atoms with Crippen molar-refractivity contribution in [3.05, 3.63) is 29.8 Å². The van der Waals surface area contributed by atoms with E-state index in [1.54, 1.807) is 12.4 Å². The highest BCUT2D eigenvalue weighted by Gasteiger charge is 2.53. The summed E-state index contributed by atoms with van der Waals surface area (Å²) >= 11 is 0. The van der Waals surface area contributed by atoms with Gasteiger partial charge >= 0.3 is 7.12 Å². The molecule has 0 amide bonds. The molecule has 0 radical (unpaired) electrons. The smallest absolute Gasteiger partial charge is 0.399 e. The van der Waals surface area contributed by atoms with E-state index < -0.39 is 7.12 Å². The van der Waals surface area contributed by atoms with Crippen LogP contribution < -0.4 is 10.8 Å². The largest absolute Gasteiger partial charge is 0.498 e. The Labute approximate surface area is 140 Å². The lowest BCUT2D eigenvalue weighted by atomic mass is 9.77. The summed E-state index contributed by atoms with van der Waals surface area (Å²) in [6, 6.07) is 2.03. The first kappa shape index (κ1) is 16.6. The molecular weight excluding hydrogens is 308 g/mol. The normalized spacial score (nSPS) is 19.3. The second-order valence-electron chi connectivity index (χ2n) is 7.06. The van der Waals surface area contributed by atoms with Crippen molar-refractivity contribution in [1.82, 2.24) is 14.8 Å². The van der Waals surface area contributed by atoms with E-state index in [0.29, 0.717) is 0 Å². The van der Waals surface area contributed by atoms with E-state index in [4.69, 9.17) is 9.31 Å². The summed E-state index contributed by atoms with van der Waals surface area (Å²) in [5.74, 6) is 0. The van der Waals surface area contributed by atoms with Crippen molar-refractivity contribution in [2.24, 2.45) is 0 Å². The molecule has 1 aliphatic rings. The molecule has 0 N–H and O–H groups in total. The van der Waals surface area contributed by atoms with Crippen LogP contribution in [0.15, 0.2) is 18.5 Å². The van der Waals surface area contributed by atoms with Gasteiger partial charge < -0.3 is 9.31 Å². The Morgan fingerprint density at radius 2 is 1.70 bits per heavy atom. The first-order chi connectivity index (χ1) is 10.6. The van der Waals surface area contributed by atoms with Gasteiger partial charge in [0.05, 0.1) is 28.8 Å². The fourth-order valence-corrected chi connectivity index (χ4v) is 3.03. The number of hydrogen-bond donors (Lipinski definition) is 0. The van der Waals surface area contributed by atoms with Gasteiger partial charge in [0.15, 0.2) is 0 Å². The van der Waals surface area contributed by atoms with Crippen molar-refractivity contribution in [1.29, 1.82) is 0 Å². The van der Waals surface area contributed by atoms with Gasteiger partial charge in [0.25, 0.3) is 0 Å². The highest BCUT2D eigenvalue weighted by Crippen LogP contribution is 2.37. The maximum absolute atomic E-state index is 6.19. The Morgan fingerprint density at radius 3 is 2.26 bits per heavy atom. The summed E-state index contributed by atoms with van der Waals surface area (Å²) in [4.78, 5) is 4.24. The molecule has 7 heteroatoms. The molecule has 1 atom stereocenters. The number of rotatable bonds is 2. The van der Waals surface area contributed by atoms with Crippen molar-refractivity contribution in [2.45, 2.75) is 52.7 Å². The van der Waals surface area contributed by atoms with Crippen LogP contribution in [0.1, 0.15) is 39.1 Å². The second-order valence-corrected chi connectivity index (χ2v) is 7.73. The Balaban J connectivity index is 2.03. The lowest BCUT2D eigenvalue weighted by molar-refractivity contribution is 0.00578. The van der Waals surface area contributed by atoms with Gasteiger partial charge in [0, 0.05) is 17.4 Å². The zero-order chi connectivity index (χ0) is 17.0. The molecule has 0 bridgehead atoms. The van der Waals surface area contributed by atoms with E-state index in [1.807, 2.05) is 24.6 Å². The molecule has 1 aliphatic heterocycles. The summed E-state index contributed by atoms with van der Waals surface area (Å²) in [6.45, 7) is 12.3. The Bertz CT molecular complexity index is 742. The van der Waals surface area contributed by atoms with E-state index in [2.05, 4.69) is 47.0 Å². The number of aromatic nitrogens is 3. The van der Waals surface area contributed by atoms with E-state index in [1.165, 1.54) is 0 Å². The molecule has 1 unspecified atom stereocenters. The lowest BCUT2D eigenvalue weighted by Gasteiger charge is -2.32. The number of nitrogens with zero attached hydrogens (tertiary/aromatic N) is 3. The van der Waals surface area contributed by atoms with Crippen LogP contribution in [0.3, 0.4) is 0 Å². The minimum atomic E-state index is -0.402. The van der Waals surface area contributed by atoms with E-state index >= 15 is 0 Å². The van der Waals surface area contributed by atoms with Crippen molar-refractivity contribution < 1.29 is 9.31 Å². The third-order valence-electron chi connectivity index (χ3n) is 4.83. The highest BCUT2D eigenvalue weighted by molar-refractivity contribution is 7.27. The topological polar surface area (TPSA) is 49.2 Å². The third-order valence-corrected chi connectivity index (χ3v) is 5.14. The quantitative estimate of drug-likeness (QED) is 0.621. The van der Waals surface area contributed by atoms with Gasteiger partial charge in [0.1, 0.15) is 0 Å². The van der Waals surface area contributed by atoms with Crippen LogP contribution >= 0.6 is 9.24 Å². The van der Waals surface area contributed by atoms with Crippen LogP contribution in [0.2, 0.25) is 0 Å². The second kappa shape index (κ2) is 5.40. The van der Waals surface area contributed by atoms with Crippen molar-refractivity contribution >= 4 is 27.1 Å². The summed E-state index contributed by atoms with van der Waals surface area (Å²) in [5.41, 5.74) is 3.13. The third kappa shape index (κ3) is 2.73. The maximum atomic E-state index is 6.19. The fraction of sp³-hybridized carbons (Fsp3) is 0.500. The van der Waals surface area contributed by atoms with Gasteiger partial charge in [-0.25, -0.2) is 4.68 Å². The minimum Gasteiger partial charge on any atom is -0.399 e. The van der Waals surface area contributed by atoms with Gasteiger partial charge in [-0.1, -0.05) is 0 Å². The Hall–Kier alpha value is -1.23. The Kier molecular flexibility index (Phi) is 3.91. The van der Waals surface area contributed by atoms with Crippen LogP contribution in [0.5, 0.6) is 0 Å². The maximum Gasteiger partial charge on any atom is 0.498 e. The summed E-state index contributed by atoms with van der Waals surface area (Å²) in [6.07, 6.45) is 3.61. The van der Waals surface area contributed by atoms with Crippen LogP contribution in [-0.2, 0) is 9.31 Å². The molecule has 3 heterocycles.